The Kier molecular flexibility index (Phi) is 7.09. The SMILES string of the molecule is CCOc1ccc(-c2nc(S(=O)(=O)c3ccc(Cl)cc3)c(NCc3ccc(OC)cc3)o2)cc1. The summed E-state index contributed by atoms with van der Waals surface area (Å²) >= 11 is 5.94. The van der Waals surface area contributed by atoms with Crippen molar-refractivity contribution in [2.45, 2.75) is 23.4 Å². The van der Waals surface area contributed by atoms with Crippen LogP contribution < -0.4 is 14.8 Å². The number of aromatic nitrogens is 1. The van der Waals surface area contributed by atoms with Crippen molar-refractivity contribution in [3.05, 3.63) is 83.4 Å². The zero-order valence-corrected chi connectivity index (χ0v) is 20.2. The summed E-state index contributed by atoms with van der Waals surface area (Å²) in [6, 6.07) is 20.4. The van der Waals surface area contributed by atoms with Gasteiger partial charge in [0.25, 0.3) is 0 Å². The van der Waals surface area contributed by atoms with Crippen LogP contribution in [-0.4, -0.2) is 27.1 Å². The van der Waals surface area contributed by atoms with E-state index < -0.39 is 9.84 Å². The van der Waals surface area contributed by atoms with E-state index in [0.717, 1.165) is 11.3 Å². The largest absolute Gasteiger partial charge is 0.497 e. The smallest absolute Gasteiger partial charge is 0.234 e. The number of nitrogens with one attached hydrogen (secondary N) is 1. The molecule has 1 N–H and O–H groups in total. The molecule has 176 valence electrons. The minimum absolute atomic E-state index is 0.0506. The number of hydrogen-bond donors (Lipinski definition) is 1. The molecular formula is C25H23ClN2O5S. The number of oxazole rings is 1. The number of rotatable bonds is 9. The molecule has 1 heterocycles. The third kappa shape index (κ3) is 5.18. The molecule has 0 fully saturated rings. The number of nitrogens with zero attached hydrogens (tertiary/aromatic N) is 1. The summed E-state index contributed by atoms with van der Waals surface area (Å²) in [4.78, 5) is 4.42. The summed E-state index contributed by atoms with van der Waals surface area (Å²) in [7, 11) is -2.38. The number of hydrogen-bond acceptors (Lipinski definition) is 7. The van der Waals surface area contributed by atoms with E-state index in [1.54, 1.807) is 31.4 Å². The third-order valence-electron chi connectivity index (χ3n) is 5.00. The second kappa shape index (κ2) is 10.2. The van der Waals surface area contributed by atoms with Gasteiger partial charge in [-0.2, -0.15) is 4.98 Å². The van der Waals surface area contributed by atoms with Crippen LogP contribution in [0.5, 0.6) is 11.5 Å². The molecule has 0 amide bonds. The average Bonchev–Trinajstić information content (AvgIpc) is 3.29. The van der Waals surface area contributed by atoms with Crippen molar-refractivity contribution in [2.75, 3.05) is 19.0 Å². The lowest BCUT2D eigenvalue weighted by atomic mass is 10.2. The predicted molar refractivity (Wildman–Crippen MR) is 130 cm³/mol. The van der Waals surface area contributed by atoms with Gasteiger partial charge in [-0.05, 0) is 73.2 Å². The maximum absolute atomic E-state index is 13.4. The zero-order valence-electron chi connectivity index (χ0n) is 18.6. The van der Waals surface area contributed by atoms with Crippen molar-refractivity contribution in [1.82, 2.24) is 4.98 Å². The Bertz CT molecular complexity index is 1350. The second-order valence-corrected chi connectivity index (χ2v) is 9.57. The summed E-state index contributed by atoms with van der Waals surface area (Å²) in [5, 5.41) is 3.31. The Morgan fingerprint density at radius 1 is 0.941 bits per heavy atom. The fraction of sp³-hybridized carbons (Fsp3) is 0.160. The van der Waals surface area contributed by atoms with Gasteiger partial charge in [0.1, 0.15) is 11.5 Å². The first-order chi connectivity index (χ1) is 16.4. The lowest BCUT2D eigenvalue weighted by Gasteiger charge is -2.07. The molecule has 0 aliphatic rings. The molecule has 0 radical (unpaired) electrons. The van der Waals surface area contributed by atoms with E-state index in [1.807, 2.05) is 31.2 Å². The molecule has 0 aliphatic carbocycles. The van der Waals surface area contributed by atoms with Crippen molar-refractivity contribution in [3.63, 3.8) is 0 Å². The number of methoxy groups -OCH3 is 1. The molecule has 9 heteroatoms. The normalized spacial score (nSPS) is 11.3. The highest BCUT2D eigenvalue weighted by Crippen LogP contribution is 2.33. The second-order valence-electron chi connectivity index (χ2n) is 7.27. The van der Waals surface area contributed by atoms with E-state index in [9.17, 15) is 8.42 Å². The van der Waals surface area contributed by atoms with E-state index in [2.05, 4.69) is 10.3 Å². The first-order valence-corrected chi connectivity index (χ1v) is 12.4. The standard InChI is InChI=1S/C25H23ClN2O5S/c1-3-32-21-12-6-18(7-13-21)23-28-25(34(29,30)22-14-8-19(26)9-15-22)24(33-23)27-16-17-4-10-20(31-2)11-5-17/h4-15,27H,3,16H2,1-2H3. The fourth-order valence-electron chi connectivity index (χ4n) is 3.23. The molecule has 0 saturated carbocycles. The van der Waals surface area contributed by atoms with Crippen LogP contribution in [0.4, 0.5) is 5.88 Å². The summed E-state index contributed by atoms with van der Waals surface area (Å²) in [6.07, 6.45) is 0. The van der Waals surface area contributed by atoms with Gasteiger partial charge in [0.05, 0.1) is 18.6 Å². The first-order valence-electron chi connectivity index (χ1n) is 10.5. The van der Waals surface area contributed by atoms with E-state index in [-0.39, 0.29) is 21.7 Å². The molecule has 1 aromatic heterocycles. The quantitative estimate of drug-likeness (QED) is 0.309. The fourth-order valence-corrected chi connectivity index (χ4v) is 4.64. The van der Waals surface area contributed by atoms with Crippen molar-refractivity contribution in [1.29, 1.82) is 0 Å². The molecule has 0 saturated heterocycles. The van der Waals surface area contributed by atoms with Crippen LogP contribution in [0.15, 0.2) is 87.1 Å². The molecule has 0 aliphatic heterocycles. The summed E-state index contributed by atoms with van der Waals surface area (Å²) < 4.78 is 43.4. The summed E-state index contributed by atoms with van der Waals surface area (Å²) in [5.41, 5.74) is 1.53. The van der Waals surface area contributed by atoms with E-state index >= 15 is 0 Å². The van der Waals surface area contributed by atoms with Crippen molar-refractivity contribution in [3.8, 4) is 23.0 Å². The number of ether oxygens (including phenoxy) is 2. The van der Waals surface area contributed by atoms with Crippen LogP contribution in [0.2, 0.25) is 5.02 Å². The molecule has 0 atom stereocenters. The molecule has 0 spiro atoms. The van der Waals surface area contributed by atoms with Gasteiger partial charge in [0.15, 0.2) is 0 Å². The Labute approximate surface area is 203 Å². The van der Waals surface area contributed by atoms with Crippen LogP contribution in [-0.2, 0) is 16.4 Å². The van der Waals surface area contributed by atoms with Gasteiger partial charge in [-0.1, -0.05) is 23.7 Å². The molecule has 0 bridgehead atoms. The van der Waals surface area contributed by atoms with Crippen molar-refractivity contribution < 1.29 is 22.3 Å². The summed E-state index contributed by atoms with van der Waals surface area (Å²) in [5.74, 6) is 1.65. The van der Waals surface area contributed by atoms with Crippen molar-refractivity contribution >= 4 is 27.3 Å². The van der Waals surface area contributed by atoms with E-state index in [4.69, 9.17) is 25.5 Å². The molecule has 4 aromatic rings. The van der Waals surface area contributed by atoms with Gasteiger partial charge in [0.2, 0.25) is 26.6 Å². The topological polar surface area (TPSA) is 90.7 Å². The summed E-state index contributed by atoms with van der Waals surface area (Å²) in [6.45, 7) is 2.77. The predicted octanol–water partition coefficient (Wildman–Crippen LogP) is 5.85. The molecule has 3 aromatic carbocycles. The van der Waals surface area contributed by atoms with Gasteiger partial charge in [-0.25, -0.2) is 8.42 Å². The van der Waals surface area contributed by atoms with Crippen LogP contribution in [0, 0.1) is 0 Å². The highest BCUT2D eigenvalue weighted by Gasteiger charge is 2.28. The Morgan fingerprint density at radius 3 is 2.21 bits per heavy atom. The minimum Gasteiger partial charge on any atom is -0.497 e. The number of halogens is 1. The number of benzene rings is 3. The lowest BCUT2D eigenvalue weighted by molar-refractivity contribution is 0.340. The first kappa shape index (κ1) is 23.7. The highest BCUT2D eigenvalue weighted by molar-refractivity contribution is 7.91. The number of sulfone groups is 1. The molecule has 7 nitrogen and oxygen atoms in total. The maximum atomic E-state index is 13.4. The monoisotopic (exact) mass is 498 g/mol. The Morgan fingerprint density at radius 2 is 1.59 bits per heavy atom. The van der Waals surface area contributed by atoms with Crippen LogP contribution in [0.3, 0.4) is 0 Å². The molecule has 4 rings (SSSR count). The number of anilines is 1. The van der Waals surface area contributed by atoms with E-state index in [0.29, 0.717) is 29.5 Å². The van der Waals surface area contributed by atoms with Gasteiger partial charge in [-0.3, -0.25) is 0 Å². The average molecular weight is 499 g/mol. The van der Waals surface area contributed by atoms with Gasteiger partial charge >= 0.3 is 0 Å². The van der Waals surface area contributed by atoms with Crippen molar-refractivity contribution in [2.24, 2.45) is 0 Å². The van der Waals surface area contributed by atoms with Crippen LogP contribution in [0.25, 0.3) is 11.5 Å². The third-order valence-corrected chi connectivity index (χ3v) is 6.93. The van der Waals surface area contributed by atoms with Gasteiger partial charge < -0.3 is 19.2 Å². The van der Waals surface area contributed by atoms with Gasteiger partial charge in [-0.15, -0.1) is 0 Å². The lowest BCUT2D eigenvalue weighted by Crippen LogP contribution is -2.07. The Balaban J connectivity index is 1.70. The Hall–Kier alpha value is -3.49. The van der Waals surface area contributed by atoms with Gasteiger partial charge in [0, 0.05) is 17.1 Å². The molecule has 34 heavy (non-hydrogen) atoms. The molecule has 0 unspecified atom stereocenters. The highest BCUT2D eigenvalue weighted by atomic mass is 35.5. The maximum Gasteiger partial charge on any atom is 0.234 e. The van der Waals surface area contributed by atoms with Crippen LogP contribution in [0.1, 0.15) is 12.5 Å². The van der Waals surface area contributed by atoms with E-state index in [1.165, 1.54) is 24.3 Å². The minimum atomic E-state index is -3.98. The van der Waals surface area contributed by atoms with Crippen LogP contribution >= 0.6 is 11.6 Å². The zero-order chi connectivity index (χ0) is 24.1. The molecular weight excluding hydrogens is 476 g/mol.